The van der Waals surface area contributed by atoms with Gasteiger partial charge >= 0.3 is 0 Å². The van der Waals surface area contributed by atoms with Gasteiger partial charge in [0.1, 0.15) is 0 Å². The highest BCUT2D eigenvalue weighted by Gasteiger charge is 2.25. The van der Waals surface area contributed by atoms with Gasteiger partial charge in [-0.25, -0.2) is 4.98 Å². The topological polar surface area (TPSA) is 74.5 Å². The highest BCUT2D eigenvalue weighted by atomic mass is 32.1. The van der Waals surface area contributed by atoms with Crippen molar-refractivity contribution in [1.29, 1.82) is 0 Å². The minimum absolute atomic E-state index is 0.0659. The Morgan fingerprint density at radius 1 is 1.29 bits per heavy atom. The summed E-state index contributed by atoms with van der Waals surface area (Å²) < 4.78 is 0.766. The monoisotopic (exact) mass is 413 g/mol. The summed E-state index contributed by atoms with van der Waals surface area (Å²) in [5.74, 6) is 0. The van der Waals surface area contributed by atoms with Gasteiger partial charge in [0.2, 0.25) is 0 Å². The van der Waals surface area contributed by atoms with E-state index in [0.29, 0.717) is 16.3 Å². The number of nitrogens with zero attached hydrogens (tertiary/aromatic N) is 4. The quantitative estimate of drug-likeness (QED) is 0.393. The van der Waals surface area contributed by atoms with Crippen LogP contribution >= 0.6 is 23.6 Å². The van der Waals surface area contributed by atoms with Crippen LogP contribution in [0.4, 0.5) is 16.5 Å². The summed E-state index contributed by atoms with van der Waals surface area (Å²) in [5.41, 5.74) is 2.01. The predicted octanol–water partition coefficient (Wildman–Crippen LogP) is 4.11. The summed E-state index contributed by atoms with van der Waals surface area (Å²) >= 11 is 6.96. The molecule has 1 N–H and O–H groups in total. The number of thiazole rings is 1. The lowest BCUT2D eigenvalue weighted by Crippen LogP contribution is -2.54. The molecule has 1 atom stereocenters. The maximum absolute atomic E-state index is 10.9. The molecule has 4 rings (SSSR count). The van der Waals surface area contributed by atoms with E-state index in [1.54, 1.807) is 12.1 Å². The lowest BCUT2D eigenvalue weighted by molar-refractivity contribution is -0.384. The maximum Gasteiger partial charge on any atom is 0.270 e. The van der Waals surface area contributed by atoms with Crippen LogP contribution in [0.3, 0.4) is 0 Å². The lowest BCUT2D eigenvalue weighted by Gasteiger charge is -2.42. The third-order valence-corrected chi connectivity index (χ3v) is 6.09. The van der Waals surface area contributed by atoms with E-state index in [4.69, 9.17) is 12.2 Å². The molecule has 144 valence electrons. The van der Waals surface area contributed by atoms with E-state index in [9.17, 15) is 10.1 Å². The molecule has 0 bridgehead atoms. The number of para-hydroxylation sites is 1. The fourth-order valence-electron chi connectivity index (χ4n) is 3.40. The molecular weight excluding hydrogens is 394 g/mol. The molecule has 28 heavy (non-hydrogen) atoms. The first-order chi connectivity index (χ1) is 13.5. The Morgan fingerprint density at radius 2 is 2.07 bits per heavy atom. The normalized spacial score (nSPS) is 17.0. The van der Waals surface area contributed by atoms with Gasteiger partial charge in [0, 0.05) is 43.5 Å². The van der Waals surface area contributed by atoms with Gasteiger partial charge in [-0.3, -0.25) is 10.1 Å². The van der Waals surface area contributed by atoms with Crippen LogP contribution in [0.25, 0.3) is 10.2 Å². The van der Waals surface area contributed by atoms with Gasteiger partial charge < -0.3 is 15.1 Å². The van der Waals surface area contributed by atoms with Crippen molar-refractivity contribution in [3.63, 3.8) is 0 Å². The van der Waals surface area contributed by atoms with E-state index >= 15 is 0 Å². The highest BCUT2D eigenvalue weighted by molar-refractivity contribution is 7.80. The number of non-ortho nitro benzene ring substituents is 1. The zero-order valence-electron chi connectivity index (χ0n) is 15.2. The molecule has 0 spiro atoms. The van der Waals surface area contributed by atoms with E-state index in [-0.39, 0.29) is 5.69 Å². The fourth-order valence-corrected chi connectivity index (χ4v) is 4.62. The van der Waals surface area contributed by atoms with Crippen molar-refractivity contribution in [2.45, 2.75) is 13.0 Å². The Labute approximate surface area is 171 Å². The number of nitro benzene ring substituents is 1. The second-order valence-corrected chi connectivity index (χ2v) is 8.10. The number of nitrogens with one attached hydrogen (secondary N) is 1. The van der Waals surface area contributed by atoms with Gasteiger partial charge in [-0.15, -0.1) is 0 Å². The second kappa shape index (κ2) is 7.69. The van der Waals surface area contributed by atoms with Gasteiger partial charge in [0.25, 0.3) is 5.69 Å². The molecule has 0 saturated carbocycles. The molecule has 7 nitrogen and oxygen atoms in total. The van der Waals surface area contributed by atoms with Gasteiger partial charge in [0.15, 0.2) is 10.2 Å². The van der Waals surface area contributed by atoms with Crippen LogP contribution in [0.5, 0.6) is 0 Å². The van der Waals surface area contributed by atoms with Crippen LogP contribution in [-0.4, -0.2) is 45.6 Å². The van der Waals surface area contributed by atoms with Crippen molar-refractivity contribution in [2.24, 2.45) is 0 Å². The highest BCUT2D eigenvalue weighted by Crippen LogP contribution is 2.29. The van der Waals surface area contributed by atoms with Crippen LogP contribution < -0.4 is 10.2 Å². The zero-order valence-corrected chi connectivity index (χ0v) is 16.9. The van der Waals surface area contributed by atoms with E-state index in [0.717, 1.165) is 29.9 Å². The molecule has 0 radical (unpaired) electrons. The van der Waals surface area contributed by atoms with E-state index in [1.165, 1.54) is 23.1 Å². The summed E-state index contributed by atoms with van der Waals surface area (Å²) in [6.45, 7) is 4.72. The molecule has 1 aromatic heterocycles. The van der Waals surface area contributed by atoms with Crippen molar-refractivity contribution < 1.29 is 4.92 Å². The minimum atomic E-state index is -0.398. The first kappa shape index (κ1) is 18.6. The first-order valence-electron chi connectivity index (χ1n) is 8.94. The molecule has 9 heteroatoms. The molecule has 2 heterocycles. The largest absolute Gasteiger partial charge is 0.365 e. The molecule has 1 unspecified atom stereocenters. The Bertz CT molecular complexity index is 1020. The first-order valence-corrected chi connectivity index (χ1v) is 10.2. The molecule has 1 saturated heterocycles. The van der Waals surface area contributed by atoms with Gasteiger partial charge in [-0.1, -0.05) is 29.5 Å². The third-order valence-electron chi connectivity index (χ3n) is 4.80. The number of hydrogen-bond donors (Lipinski definition) is 1. The molecule has 3 aromatic rings. The van der Waals surface area contributed by atoms with E-state index < -0.39 is 4.92 Å². The molecular formula is C19H19N5O2S2. The standard InChI is InChI=1S/C19H19N5O2S2/c1-13-12-22(9-10-23(13)14-5-3-2-4-6-14)19(27)21-18-20-16-8-7-15(24(25)26)11-17(16)28-18/h2-8,11,13H,9-10,12H2,1H3,(H,20,21,27). The number of fused-ring (bicyclic) bond motifs is 1. The molecule has 1 fully saturated rings. The minimum Gasteiger partial charge on any atom is -0.365 e. The maximum atomic E-state index is 10.9. The average Bonchev–Trinajstić information content (AvgIpc) is 3.09. The molecule has 1 aliphatic heterocycles. The number of benzene rings is 2. The third kappa shape index (κ3) is 3.76. The summed E-state index contributed by atoms with van der Waals surface area (Å²) in [6, 6.07) is 15.4. The summed E-state index contributed by atoms with van der Waals surface area (Å²) in [4.78, 5) is 19.6. The van der Waals surface area contributed by atoms with Crippen LogP contribution in [0, 0.1) is 10.1 Å². The van der Waals surface area contributed by atoms with Crippen LogP contribution in [0.2, 0.25) is 0 Å². The smallest absolute Gasteiger partial charge is 0.270 e. The summed E-state index contributed by atoms with van der Waals surface area (Å²) in [5, 5.41) is 15.4. The summed E-state index contributed by atoms with van der Waals surface area (Å²) in [7, 11) is 0. The number of thiocarbonyl (C=S) groups is 1. The lowest BCUT2D eigenvalue weighted by atomic mass is 10.1. The number of aromatic nitrogens is 1. The van der Waals surface area contributed by atoms with Crippen LogP contribution in [-0.2, 0) is 0 Å². The van der Waals surface area contributed by atoms with Gasteiger partial charge in [-0.05, 0) is 37.3 Å². The SMILES string of the molecule is CC1CN(C(=S)Nc2nc3ccc([N+](=O)[O-])cc3s2)CCN1c1ccccc1. The number of hydrogen-bond acceptors (Lipinski definition) is 6. The van der Waals surface area contributed by atoms with E-state index in [1.807, 2.05) is 6.07 Å². The number of piperazine rings is 1. The van der Waals surface area contributed by atoms with E-state index in [2.05, 4.69) is 51.3 Å². The van der Waals surface area contributed by atoms with Crippen LogP contribution in [0.15, 0.2) is 48.5 Å². The van der Waals surface area contributed by atoms with Crippen molar-refractivity contribution in [1.82, 2.24) is 9.88 Å². The van der Waals surface area contributed by atoms with Crippen molar-refractivity contribution >= 4 is 55.4 Å². The van der Waals surface area contributed by atoms with Crippen molar-refractivity contribution in [3.05, 3.63) is 58.6 Å². The Morgan fingerprint density at radius 3 is 2.79 bits per heavy atom. The number of rotatable bonds is 3. The predicted molar refractivity (Wildman–Crippen MR) is 117 cm³/mol. The van der Waals surface area contributed by atoms with Crippen molar-refractivity contribution in [2.75, 3.05) is 29.9 Å². The zero-order chi connectivity index (χ0) is 19.7. The Balaban J connectivity index is 1.43. The Hall–Kier alpha value is -2.78. The fraction of sp³-hybridized carbons (Fsp3) is 0.263. The van der Waals surface area contributed by atoms with Gasteiger partial charge in [-0.2, -0.15) is 0 Å². The second-order valence-electron chi connectivity index (χ2n) is 6.68. The molecule has 2 aromatic carbocycles. The molecule has 1 aliphatic rings. The summed E-state index contributed by atoms with van der Waals surface area (Å²) in [6.07, 6.45) is 0. The molecule has 0 amide bonds. The Kier molecular flexibility index (Phi) is 5.10. The average molecular weight is 414 g/mol. The van der Waals surface area contributed by atoms with Crippen LogP contribution in [0.1, 0.15) is 6.92 Å². The molecule has 0 aliphatic carbocycles. The number of nitro groups is 1. The van der Waals surface area contributed by atoms with Gasteiger partial charge in [0.05, 0.1) is 15.1 Å². The van der Waals surface area contributed by atoms with Crippen molar-refractivity contribution in [3.8, 4) is 0 Å². The number of anilines is 2.